The molecule has 1 aromatic heterocycles. The summed E-state index contributed by atoms with van der Waals surface area (Å²) in [6.45, 7) is 12.4. The first-order valence-electron chi connectivity index (χ1n) is 10.9. The Morgan fingerprint density at radius 3 is 2.57 bits per heavy atom. The normalized spacial score (nSPS) is 19.0. The summed E-state index contributed by atoms with van der Waals surface area (Å²) in [6.07, 6.45) is 2.77. The van der Waals surface area contributed by atoms with E-state index in [2.05, 4.69) is 68.3 Å². The maximum absolute atomic E-state index is 4.95. The fourth-order valence-corrected chi connectivity index (χ4v) is 4.42. The average Bonchev–Trinajstić information content (AvgIpc) is 3.28. The molecule has 0 bridgehead atoms. The molecular weight excluding hydrogens is 376 g/mol. The second-order valence-corrected chi connectivity index (χ2v) is 8.91. The van der Waals surface area contributed by atoms with Crippen LogP contribution in [0.4, 0.5) is 0 Å². The Morgan fingerprint density at radius 1 is 1.10 bits per heavy atom. The molecule has 7 nitrogen and oxygen atoms in total. The quantitative estimate of drug-likeness (QED) is 0.602. The third-order valence-corrected chi connectivity index (χ3v) is 6.43. The third kappa shape index (κ3) is 4.84. The average molecular weight is 411 g/mol. The number of nitrogens with one attached hydrogen (secondary N) is 1. The molecule has 30 heavy (non-hydrogen) atoms. The van der Waals surface area contributed by atoms with Gasteiger partial charge in [-0.1, -0.05) is 29.4 Å². The van der Waals surface area contributed by atoms with Crippen LogP contribution in [-0.2, 0) is 19.5 Å². The van der Waals surface area contributed by atoms with Gasteiger partial charge in [-0.15, -0.1) is 0 Å². The summed E-state index contributed by atoms with van der Waals surface area (Å²) >= 11 is 0. The second-order valence-electron chi connectivity index (χ2n) is 8.91. The molecule has 0 atom stereocenters. The minimum Gasteiger partial charge on any atom is -0.364 e. The van der Waals surface area contributed by atoms with E-state index >= 15 is 0 Å². The number of aromatic nitrogens is 1. The monoisotopic (exact) mass is 410 g/mol. The van der Waals surface area contributed by atoms with Gasteiger partial charge in [-0.2, -0.15) is 0 Å². The molecule has 1 saturated heterocycles. The standard InChI is InChI=1S/C23H34N6O/c1-23(2,29-10-8-19-6-4-5-7-20(19)16-29)18-25-22(24-3)28-13-11-27(12-14-28)17-21-9-15-30-26-21/h4-7,9,15H,8,10-14,16-18H2,1-3H3,(H,24,25). The first kappa shape index (κ1) is 20.9. The molecule has 1 N–H and O–H groups in total. The number of nitrogens with zero attached hydrogens (tertiary/aromatic N) is 5. The maximum Gasteiger partial charge on any atom is 0.193 e. The first-order chi connectivity index (χ1) is 14.5. The topological polar surface area (TPSA) is 60.1 Å². The van der Waals surface area contributed by atoms with Crippen molar-refractivity contribution >= 4 is 5.96 Å². The lowest BCUT2D eigenvalue weighted by Crippen LogP contribution is -2.57. The van der Waals surface area contributed by atoms with Crippen molar-refractivity contribution < 1.29 is 4.52 Å². The van der Waals surface area contributed by atoms with Crippen LogP contribution in [0.25, 0.3) is 0 Å². The largest absolute Gasteiger partial charge is 0.364 e. The van der Waals surface area contributed by atoms with Crippen LogP contribution in [0.2, 0.25) is 0 Å². The molecule has 1 fully saturated rings. The third-order valence-electron chi connectivity index (χ3n) is 6.43. The number of piperazine rings is 1. The summed E-state index contributed by atoms with van der Waals surface area (Å²) in [4.78, 5) is 11.9. The van der Waals surface area contributed by atoms with Crippen molar-refractivity contribution in [2.75, 3.05) is 46.3 Å². The summed E-state index contributed by atoms with van der Waals surface area (Å²) in [5, 5.41) is 7.67. The molecule has 1 aromatic carbocycles. The molecule has 7 heteroatoms. The highest BCUT2D eigenvalue weighted by molar-refractivity contribution is 5.80. The SMILES string of the molecule is CN=C(NCC(C)(C)N1CCc2ccccc2C1)N1CCN(Cc2ccon2)CC1. The van der Waals surface area contributed by atoms with Gasteiger partial charge in [0, 0.05) is 71.0 Å². The Kier molecular flexibility index (Phi) is 6.39. The molecule has 162 valence electrons. The molecule has 0 radical (unpaired) electrons. The van der Waals surface area contributed by atoms with Crippen LogP contribution in [0, 0.1) is 0 Å². The smallest absolute Gasteiger partial charge is 0.193 e. The van der Waals surface area contributed by atoms with Gasteiger partial charge < -0.3 is 14.7 Å². The summed E-state index contributed by atoms with van der Waals surface area (Å²) < 4.78 is 4.95. The number of aliphatic imine (C=N–C) groups is 1. The van der Waals surface area contributed by atoms with E-state index in [1.54, 1.807) is 6.26 Å². The van der Waals surface area contributed by atoms with Gasteiger partial charge >= 0.3 is 0 Å². The number of benzene rings is 1. The van der Waals surface area contributed by atoms with Gasteiger partial charge in [-0.05, 0) is 31.4 Å². The molecule has 4 rings (SSSR count). The fraction of sp³-hybridized carbons (Fsp3) is 0.565. The van der Waals surface area contributed by atoms with E-state index in [1.165, 1.54) is 11.1 Å². The Bertz CT molecular complexity index is 839. The number of hydrogen-bond donors (Lipinski definition) is 1. The van der Waals surface area contributed by atoms with Crippen molar-refractivity contribution in [3.05, 3.63) is 53.4 Å². The first-order valence-corrected chi connectivity index (χ1v) is 10.9. The van der Waals surface area contributed by atoms with Crippen molar-refractivity contribution in [3.63, 3.8) is 0 Å². The van der Waals surface area contributed by atoms with Crippen molar-refractivity contribution in [1.82, 2.24) is 25.2 Å². The lowest BCUT2D eigenvalue weighted by atomic mass is 9.94. The molecule has 0 spiro atoms. The summed E-state index contributed by atoms with van der Waals surface area (Å²) in [5.41, 5.74) is 4.01. The Labute approximate surface area is 179 Å². The van der Waals surface area contributed by atoms with E-state index in [1.807, 2.05) is 13.1 Å². The molecule has 0 aliphatic carbocycles. The van der Waals surface area contributed by atoms with Crippen molar-refractivity contribution in [2.24, 2.45) is 4.99 Å². The number of hydrogen-bond acceptors (Lipinski definition) is 5. The zero-order valence-electron chi connectivity index (χ0n) is 18.5. The zero-order chi connectivity index (χ0) is 21.0. The lowest BCUT2D eigenvalue weighted by molar-refractivity contribution is 0.105. The van der Waals surface area contributed by atoms with Gasteiger partial charge in [-0.25, -0.2) is 0 Å². The molecule has 3 heterocycles. The molecule has 2 aliphatic rings. The van der Waals surface area contributed by atoms with Gasteiger partial charge in [0.15, 0.2) is 5.96 Å². The van der Waals surface area contributed by atoms with Crippen LogP contribution in [0.3, 0.4) is 0 Å². The van der Waals surface area contributed by atoms with Gasteiger partial charge in [0.1, 0.15) is 6.26 Å². The van der Waals surface area contributed by atoms with E-state index in [4.69, 9.17) is 4.52 Å². The maximum atomic E-state index is 4.95. The summed E-state index contributed by atoms with van der Waals surface area (Å²) in [7, 11) is 1.88. The number of guanidine groups is 1. The van der Waals surface area contributed by atoms with Crippen LogP contribution in [0.1, 0.15) is 30.7 Å². The minimum absolute atomic E-state index is 0.0538. The highest BCUT2D eigenvalue weighted by Crippen LogP contribution is 2.25. The summed E-state index contributed by atoms with van der Waals surface area (Å²) in [6, 6.07) is 10.8. The van der Waals surface area contributed by atoms with E-state index < -0.39 is 0 Å². The van der Waals surface area contributed by atoms with Crippen LogP contribution >= 0.6 is 0 Å². The van der Waals surface area contributed by atoms with Crippen LogP contribution in [-0.4, -0.2) is 77.7 Å². The number of fused-ring (bicyclic) bond motifs is 1. The molecule has 0 amide bonds. The van der Waals surface area contributed by atoms with Crippen molar-refractivity contribution in [3.8, 4) is 0 Å². The predicted molar refractivity (Wildman–Crippen MR) is 119 cm³/mol. The number of rotatable bonds is 5. The van der Waals surface area contributed by atoms with Gasteiger partial charge in [0.05, 0.1) is 5.69 Å². The summed E-state index contributed by atoms with van der Waals surface area (Å²) in [5.74, 6) is 1.00. The van der Waals surface area contributed by atoms with Crippen LogP contribution in [0.5, 0.6) is 0 Å². The van der Waals surface area contributed by atoms with E-state index in [9.17, 15) is 0 Å². The second kappa shape index (κ2) is 9.18. The van der Waals surface area contributed by atoms with Gasteiger partial charge in [-0.3, -0.25) is 14.8 Å². The molecule has 0 unspecified atom stereocenters. The molecule has 2 aromatic rings. The molecular formula is C23H34N6O. The van der Waals surface area contributed by atoms with E-state index in [-0.39, 0.29) is 5.54 Å². The predicted octanol–water partition coefficient (Wildman–Crippen LogP) is 2.20. The Morgan fingerprint density at radius 2 is 1.87 bits per heavy atom. The molecule has 2 aliphatic heterocycles. The zero-order valence-corrected chi connectivity index (χ0v) is 18.5. The van der Waals surface area contributed by atoms with Gasteiger partial charge in [0.25, 0.3) is 0 Å². The lowest BCUT2D eigenvalue weighted by Gasteiger charge is -2.43. The van der Waals surface area contributed by atoms with Gasteiger partial charge in [0.2, 0.25) is 0 Å². The highest BCUT2D eigenvalue weighted by atomic mass is 16.5. The van der Waals surface area contributed by atoms with Crippen molar-refractivity contribution in [2.45, 2.75) is 38.9 Å². The molecule has 0 saturated carbocycles. The van der Waals surface area contributed by atoms with Crippen LogP contribution in [0.15, 0.2) is 46.1 Å². The Hall–Kier alpha value is -2.38. The van der Waals surface area contributed by atoms with E-state index in [0.29, 0.717) is 0 Å². The fourth-order valence-electron chi connectivity index (χ4n) is 4.42. The highest BCUT2D eigenvalue weighted by Gasteiger charge is 2.30. The van der Waals surface area contributed by atoms with E-state index in [0.717, 1.165) is 70.4 Å². The van der Waals surface area contributed by atoms with Crippen molar-refractivity contribution in [1.29, 1.82) is 0 Å². The van der Waals surface area contributed by atoms with Crippen LogP contribution < -0.4 is 5.32 Å². The minimum atomic E-state index is 0.0538. The Balaban J connectivity index is 1.28.